The van der Waals surface area contributed by atoms with Gasteiger partial charge in [-0.05, 0) is 42.8 Å². The molecule has 2 amide bonds. The molecule has 148 valence electrons. The number of rotatable bonds is 7. The molecule has 0 aromatic heterocycles. The quantitative estimate of drug-likeness (QED) is 0.657. The lowest BCUT2D eigenvalue weighted by Crippen LogP contribution is -2.39. The van der Waals surface area contributed by atoms with Crippen molar-refractivity contribution in [2.45, 2.75) is 19.6 Å². The van der Waals surface area contributed by atoms with Crippen LogP contribution in [-0.4, -0.2) is 42.4 Å². The van der Waals surface area contributed by atoms with E-state index in [9.17, 15) is 18.8 Å². The molecule has 0 fully saturated rings. The van der Waals surface area contributed by atoms with Crippen molar-refractivity contribution in [2.24, 2.45) is 0 Å². The van der Waals surface area contributed by atoms with E-state index in [1.807, 2.05) is 0 Å². The van der Waals surface area contributed by atoms with Crippen molar-refractivity contribution in [3.63, 3.8) is 0 Å². The van der Waals surface area contributed by atoms with Gasteiger partial charge in [-0.2, -0.15) is 0 Å². The first-order chi connectivity index (χ1) is 13.3. The summed E-state index contributed by atoms with van der Waals surface area (Å²) < 4.78 is 19.0. The second kappa shape index (κ2) is 9.98. The standard InChI is InChI=1S/C20H20BrFN2O4/c1-13(20(27)24(2)12-14-5-3-8-17(22)9-14)28-18(25)11-23-19(26)15-6-4-7-16(21)10-15/h3-10,13H,11-12H2,1-2H3,(H,23,26). The van der Waals surface area contributed by atoms with Gasteiger partial charge in [0.1, 0.15) is 12.4 Å². The van der Waals surface area contributed by atoms with Crippen molar-refractivity contribution in [3.05, 3.63) is 69.9 Å². The second-order valence-corrected chi connectivity index (χ2v) is 7.07. The van der Waals surface area contributed by atoms with Gasteiger partial charge in [-0.3, -0.25) is 14.4 Å². The van der Waals surface area contributed by atoms with Gasteiger partial charge < -0.3 is 15.0 Å². The zero-order chi connectivity index (χ0) is 20.7. The number of hydrogen-bond donors (Lipinski definition) is 1. The minimum atomic E-state index is -1.03. The number of nitrogens with one attached hydrogen (secondary N) is 1. The third-order valence-corrected chi connectivity index (χ3v) is 4.31. The molecule has 0 heterocycles. The largest absolute Gasteiger partial charge is 0.451 e. The fourth-order valence-electron chi connectivity index (χ4n) is 2.47. The van der Waals surface area contributed by atoms with Crippen molar-refractivity contribution in [1.82, 2.24) is 10.2 Å². The van der Waals surface area contributed by atoms with Crippen LogP contribution in [0, 0.1) is 5.82 Å². The average molecular weight is 451 g/mol. The highest BCUT2D eigenvalue weighted by atomic mass is 79.9. The molecule has 0 aliphatic heterocycles. The molecular weight excluding hydrogens is 431 g/mol. The zero-order valence-corrected chi connectivity index (χ0v) is 17.0. The molecule has 0 radical (unpaired) electrons. The molecule has 0 saturated heterocycles. The summed E-state index contributed by atoms with van der Waals surface area (Å²) in [5.74, 6) is -1.99. The maximum atomic E-state index is 13.2. The Bertz CT molecular complexity index is 875. The highest BCUT2D eigenvalue weighted by Gasteiger charge is 2.22. The van der Waals surface area contributed by atoms with E-state index in [2.05, 4.69) is 21.2 Å². The number of carbonyl (C=O) groups excluding carboxylic acids is 3. The maximum absolute atomic E-state index is 13.2. The van der Waals surface area contributed by atoms with Crippen LogP contribution in [0.25, 0.3) is 0 Å². The topological polar surface area (TPSA) is 75.7 Å². The Balaban J connectivity index is 1.82. The maximum Gasteiger partial charge on any atom is 0.326 e. The summed E-state index contributed by atoms with van der Waals surface area (Å²) in [6.45, 7) is 1.26. The molecular formula is C20H20BrFN2O4. The van der Waals surface area contributed by atoms with E-state index in [4.69, 9.17) is 4.74 Å². The fraction of sp³-hybridized carbons (Fsp3) is 0.250. The summed E-state index contributed by atoms with van der Waals surface area (Å²) in [5.41, 5.74) is 1.01. The molecule has 2 aromatic carbocycles. The third kappa shape index (κ3) is 6.45. The van der Waals surface area contributed by atoms with Gasteiger partial charge in [-0.1, -0.05) is 34.1 Å². The summed E-state index contributed by atoms with van der Waals surface area (Å²) in [4.78, 5) is 37.6. The minimum absolute atomic E-state index is 0.179. The Kier molecular flexibility index (Phi) is 7.69. The third-order valence-electron chi connectivity index (χ3n) is 3.82. The Morgan fingerprint density at radius 2 is 1.89 bits per heavy atom. The van der Waals surface area contributed by atoms with Gasteiger partial charge in [0, 0.05) is 23.6 Å². The normalized spacial score (nSPS) is 11.4. The SMILES string of the molecule is CC(OC(=O)CNC(=O)c1cccc(Br)c1)C(=O)N(C)Cc1cccc(F)c1. The number of benzene rings is 2. The Morgan fingerprint density at radius 1 is 1.18 bits per heavy atom. The molecule has 2 aromatic rings. The van der Waals surface area contributed by atoms with Gasteiger partial charge >= 0.3 is 5.97 Å². The fourth-order valence-corrected chi connectivity index (χ4v) is 2.87. The Labute approximate surface area is 170 Å². The van der Waals surface area contributed by atoms with Crippen molar-refractivity contribution < 1.29 is 23.5 Å². The average Bonchev–Trinajstić information content (AvgIpc) is 2.65. The van der Waals surface area contributed by atoms with Crippen LogP contribution in [0.3, 0.4) is 0 Å². The highest BCUT2D eigenvalue weighted by Crippen LogP contribution is 2.11. The van der Waals surface area contributed by atoms with Crippen LogP contribution in [-0.2, 0) is 20.9 Å². The van der Waals surface area contributed by atoms with Crippen molar-refractivity contribution in [1.29, 1.82) is 0 Å². The molecule has 1 N–H and O–H groups in total. The Hall–Kier alpha value is -2.74. The van der Waals surface area contributed by atoms with Crippen molar-refractivity contribution in [2.75, 3.05) is 13.6 Å². The molecule has 0 spiro atoms. The molecule has 1 atom stereocenters. The zero-order valence-electron chi connectivity index (χ0n) is 15.4. The molecule has 0 bridgehead atoms. The first-order valence-electron chi connectivity index (χ1n) is 8.49. The summed E-state index contributed by atoms with van der Waals surface area (Å²) in [6.07, 6.45) is -1.03. The van der Waals surface area contributed by atoms with Crippen LogP contribution < -0.4 is 5.32 Å². The van der Waals surface area contributed by atoms with Gasteiger partial charge in [0.25, 0.3) is 11.8 Å². The number of esters is 1. The van der Waals surface area contributed by atoms with E-state index in [-0.39, 0.29) is 18.9 Å². The molecule has 0 saturated carbocycles. The summed E-state index contributed by atoms with van der Waals surface area (Å²) in [5, 5.41) is 2.44. The van der Waals surface area contributed by atoms with Gasteiger partial charge in [-0.25, -0.2) is 4.39 Å². The van der Waals surface area contributed by atoms with Crippen molar-refractivity contribution >= 4 is 33.7 Å². The van der Waals surface area contributed by atoms with E-state index < -0.39 is 23.9 Å². The van der Waals surface area contributed by atoms with E-state index in [0.717, 1.165) is 4.47 Å². The Morgan fingerprint density at radius 3 is 2.57 bits per heavy atom. The predicted molar refractivity (Wildman–Crippen MR) is 105 cm³/mol. The first-order valence-corrected chi connectivity index (χ1v) is 9.28. The van der Waals surface area contributed by atoms with E-state index >= 15 is 0 Å². The van der Waals surface area contributed by atoms with Crippen molar-refractivity contribution in [3.8, 4) is 0 Å². The second-order valence-electron chi connectivity index (χ2n) is 6.15. The van der Waals surface area contributed by atoms with E-state index in [0.29, 0.717) is 11.1 Å². The highest BCUT2D eigenvalue weighted by molar-refractivity contribution is 9.10. The number of ether oxygens (including phenoxy) is 1. The van der Waals surface area contributed by atoms with Gasteiger partial charge in [0.2, 0.25) is 0 Å². The molecule has 6 nitrogen and oxygen atoms in total. The lowest BCUT2D eigenvalue weighted by atomic mass is 10.2. The summed E-state index contributed by atoms with van der Waals surface area (Å²) >= 11 is 3.27. The van der Waals surface area contributed by atoms with Crippen LogP contribution in [0.2, 0.25) is 0 Å². The number of carbonyl (C=O) groups is 3. The molecule has 0 aliphatic rings. The summed E-state index contributed by atoms with van der Waals surface area (Å²) in [6, 6.07) is 12.6. The van der Waals surface area contributed by atoms with E-state index in [1.165, 1.54) is 31.0 Å². The number of amides is 2. The number of likely N-dealkylation sites (N-methyl/N-ethyl adjacent to an activating group) is 1. The van der Waals surface area contributed by atoms with Gasteiger partial charge in [0.05, 0.1) is 0 Å². The predicted octanol–water partition coefficient (Wildman–Crippen LogP) is 2.91. The molecule has 0 aliphatic carbocycles. The molecule has 8 heteroatoms. The smallest absolute Gasteiger partial charge is 0.326 e. The number of hydrogen-bond acceptors (Lipinski definition) is 4. The first kappa shape index (κ1) is 21.6. The number of nitrogens with zero attached hydrogens (tertiary/aromatic N) is 1. The van der Waals surface area contributed by atoms with Gasteiger partial charge in [-0.15, -0.1) is 0 Å². The van der Waals surface area contributed by atoms with Crippen LogP contribution in [0.4, 0.5) is 4.39 Å². The molecule has 2 rings (SSSR count). The van der Waals surface area contributed by atoms with E-state index in [1.54, 1.807) is 36.4 Å². The lowest BCUT2D eigenvalue weighted by molar-refractivity contribution is -0.157. The lowest BCUT2D eigenvalue weighted by Gasteiger charge is -2.21. The molecule has 28 heavy (non-hydrogen) atoms. The van der Waals surface area contributed by atoms with Crippen LogP contribution in [0.5, 0.6) is 0 Å². The number of halogens is 2. The monoisotopic (exact) mass is 450 g/mol. The van der Waals surface area contributed by atoms with Crippen LogP contribution in [0.1, 0.15) is 22.8 Å². The summed E-state index contributed by atoms with van der Waals surface area (Å²) in [7, 11) is 1.53. The van der Waals surface area contributed by atoms with Crippen LogP contribution >= 0.6 is 15.9 Å². The minimum Gasteiger partial charge on any atom is -0.451 e. The van der Waals surface area contributed by atoms with Crippen LogP contribution in [0.15, 0.2) is 53.0 Å². The van der Waals surface area contributed by atoms with Gasteiger partial charge in [0.15, 0.2) is 6.10 Å². The molecule has 1 unspecified atom stereocenters.